The van der Waals surface area contributed by atoms with E-state index < -0.39 is 0 Å². The molecule has 0 saturated carbocycles. The highest BCUT2D eigenvalue weighted by molar-refractivity contribution is 7.09. The summed E-state index contributed by atoms with van der Waals surface area (Å²) in [5, 5.41) is 0.862. The SMILES string of the molecule is CC(C)COc1ccc(Cl)c(-c2nsc(N)n2)n1. The van der Waals surface area contributed by atoms with Crippen LogP contribution in [0.1, 0.15) is 13.8 Å². The summed E-state index contributed by atoms with van der Waals surface area (Å²) in [7, 11) is 0. The Kier molecular flexibility index (Phi) is 3.98. The van der Waals surface area contributed by atoms with Crippen LogP contribution in [0.3, 0.4) is 0 Å². The Morgan fingerprint density at radius 1 is 1.39 bits per heavy atom. The highest BCUT2D eigenvalue weighted by Gasteiger charge is 2.12. The first-order valence-electron chi connectivity index (χ1n) is 5.45. The molecule has 0 bridgehead atoms. The number of hydrogen-bond donors (Lipinski definition) is 1. The van der Waals surface area contributed by atoms with E-state index in [0.29, 0.717) is 40.1 Å². The summed E-state index contributed by atoms with van der Waals surface area (Å²) in [4.78, 5) is 8.36. The lowest BCUT2D eigenvalue weighted by Gasteiger charge is -2.08. The number of rotatable bonds is 4. The molecule has 7 heteroatoms. The minimum absolute atomic E-state index is 0.386. The van der Waals surface area contributed by atoms with Crippen molar-refractivity contribution in [3.05, 3.63) is 17.2 Å². The van der Waals surface area contributed by atoms with Gasteiger partial charge in [0.05, 0.1) is 11.6 Å². The van der Waals surface area contributed by atoms with Crippen LogP contribution in [0, 0.1) is 5.92 Å². The fourth-order valence-corrected chi connectivity index (χ4v) is 1.87. The predicted octanol–water partition coefficient (Wildman–Crippen LogP) is 2.87. The van der Waals surface area contributed by atoms with Crippen molar-refractivity contribution in [1.82, 2.24) is 14.3 Å². The lowest BCUT2D eigenvalue weighted by Crippen LogP contribution is -2.06. The fraction of sp³-hybridized carbons (Fsp3) is 0.364. The number of pyridine rings is 1. The second kappa shape index (κ2) is 5.49. The zero-order chi connectivity index (χ0) is 13.1. The van der Waals surface area contributed by atoms with Crippen LogP contribution >= 0.6 is 23.1 Å². The molecule has 0 aliphatic rings. The molecule has 0 saturated heterocycles. The number of ether oxygens (including phenoxy) is 1. The number of nitrogens with zero attached hydrogens (tertiary/aromatic N) is 3. The molecule has 2 N–H and O–H groups in total. The van der Waals surface area contributed by atoms with Crippen LogP contribution in [0.4, 0.5) is 5.13 Å². The molecular formula is C11H13ClN4OS. The molecule has 0 aromatic carbocycles. The minimum Gasteiger partial charge on any atom is -0.477 e. The van der Waals surface area contributed by atoms with E-state index in [-0.39, 0.29) is 0 Å². The topological polar surface area (TPSA) is 73.9 Å². The van der Waals surface area contributed by atoms with E-state index in [9.17, 15) is 0 Å². The number of nitrogens with two attached hydrogens (primary N) is 1. The van der Waals surface area contributed by atoms with E-state index in [1.807, 2.05) is 0 Å². The molecule has 0 fully saturated rings. The van der Waals surface area contributed by atoms with Gasteiger partial charge in [0, 0.05) is 17.6 Å². The monoisotopic (exact) mass is 284 g/mol. The maximum Gasteiger partial charge on any atom is 0.213 e. The van der Waals surface area contributed by atoms with Crippen molar-refractivity contribution in [3.8, 4) is 17.4 Å². The van der Waals surface area contributed by atoms with Gasteiger partial charge >= 0.3 is 0 Å². The van der Waals surface area contributed by atoms with E-state index in [1.54, 1.807) is 12.1 Å². The molecule has 18 heavy (non-hydrogen) atoms. The Morgan fingerprint density at radius 2 is 2.17 bits per heavy atom. The Bertz CT molecular complexity index is 544. The van der Waals surface area contributed by atoms with E-state index >= 15 is 0 Å². The van der Waals surface area contributed by atoms with Crippen LogP contribution < -0.4 is 10.5 Å². The van der Waals surface area contributed by atoms with Gasteiger partial charge in [-0.1, -0.05) is 25.4 Å². The van der Waals surface area contributed by atoms with Crippen molar-refractivity contribution in [2.24, 2.45) is 5.92 Å². The van der Waals surface area contributed by atoms with Gasteiger partial charge in [0.1, 0.15) is 5.69 Å². The summed E-state index contributed by atoms with van der Waals surface area (Å²) in [6.07, 6.45) is 0. The maximum absolute atomic E-state index is 6.07. The van der Waals surface area contributed by atoms with Crippen molar-refractivity contribution in [3.63, 3.8) is 0 Å². The van der Waals surface area contributed by atoms with Gasteiger partial charge in [-0.25, -0.2) is 4.98 Å². The third-order valence-electron chi connectivity index (χ3n) is 2.04. The maximum atomic E-state index is 6.07. The molecule has 0 radical (unpaired) electrons. The highest BCUT2D eigenvalue weighted by Crippen LogP contribution is 2.27. The van der Waals surface area contributed by atoms with Gasteiger partial charge in [0.25, 0.3) is 0 Å². The molecule has 2 aromatic rings. The van der Waals surface area contributed by atoms with Gasteiger partial charge in [0.2, 0.25) is 5.88 Å². The van der Waals surface area contributed by atoms with Crippen molar-refractivity contribution in [2.75, 3.05) is 12.3 Å². The van der Waals surface area contributed by atoms with Gasteiger partial charge in [-0.2, -0.15) is 9.36 Å². The lowest BCUT2D eigenvalue weighted by atomic mass is 10.2. The van der Waals surface area contributed by atoms with E-state index in [0.717, 1.165) is 11.5 Å². The molecule has 0 spiro atoms. The first-order chi connectivity index (χ1) is 8.56. The van der Waals surface area contributed by atoms with Crippen molar-refractivity contribution >= 4 is 28.3 Å². The van der Waals surface area contributed by atoms with Crippen molar-refractivity contribution in [1.29, 1.82) is 0 Å². The van der Waals surface area contributed by atoms with Gasteiger partial charge < -0.3 is 10.5 Å². The van der Waals surface area contributed by atoms with Crippen LogP contribution in [0.25, 0.3) is 11.5 Å². The van der Waals surface area contributed by atoms with E-state index in [2.05, 4.69) is 28.2 Å². The smallest absolute Gasteiger partial charge is 0.213 e. The number of nitrogen functional groups attached to an aromatic ring is 1. The van der Waals surface area contributed by atoms with Crippen molar-refractivity contribution in [2.45, 2.75) is 13.8 Å². The number of anilines is 1. The molecule has 0 aliphatic carbocycles. The second-order valence-electron chi connectivity index (χ2n) is 4.14. The zero-order valence-corrected chi connectivity index (χ0v) is 11.6. The minimum atomic E-state index is 0.386. The molecule has 2 heterocycles. The molecular weight excluding hydrogens is 272 g/mol. The average molecular weight is 285 g/mol. The molecule has 0 unspecified atom stereocenters. The molecule has 2 aromatic heterocycles. The Hall–Kier alpha value is -1.40. The largest absolute Gasteiger partial charge is 0.477 e. The summed E-state index contributed by atoms with van der Waals surface area (Å²) < 4.78 is 9.62. The summed E-state index contributed by atoms with van der Waals surface area (Å²) in [5.74, 6) is 1.37. The van der Waals surface area contributed by atoms with Gasteiger partial charge in [-0.05, 0) is 12.0 Å². The van der Waals surface area contributed by atoms with Crippen LogP contribution in [-0.2, 0) is 0 Å². The van der Waals surface area contributed by atoms with E-state index in [1.165, 1.54) is 0 Å². The number of halogens is 1. The Morgan fingerprint density at radius 3 is 2.78 bits per heavy atom. The van der Waals surface area contributed by atoms with Crippen LogP contribution in [-0.4, -0.2) is 20.9 Å². The second-order valence-corrected chi connectivity index (χ2v) is 5.33. The summed E-state index contributed by atoms with van der Waals surface area (Å²) >= 11 is 7.18. The van der Waals surface area contributed by atoms with E-state index in [4.69, 9.17) is 22.1 Å². The number of aromatic nitrogens is 3. The summed E-state index contributed by atoms with van der Waals surface area (Å²) in [5.41, 5.74) is 6.04. The predicted molar refractivity (Wildman–Crippen MR) is 72.9 cm³/mol. The first kappa shape index (κ1) is 13.0. The van der Waals surface area contributed by atoms with Crippen LogP contribution in [0.2, 0.25) is 5.02 Å². The Balaban J connectivity index is 2.27. The fourth-order valence-electron chi connectivity index (χ4n) is 1.24. The molecule has 0 atom stereocenters. The molecule has 0 aliphatic heterocycles. The quantitative estimate of drug-likeness (QED) is 0.934. The summed E-state index contributed by atoms with van der Waals surface area (Å²) in [6.45, 7) is 4.74. The Labute approximate surface area is 114 Å². The van der Waals surface area contributed by atoms with Gasteiger partial charge in [-0.15, -0.1) is 0 Å². The zero-order valence-electron chi connectivity index (χ0n) is 10.1. The third-order valence-corrected chi connectivity index (χ3v) is 2.89. The average Bonchev–Trinajstić information content (AvgIpc) is 2.74. The standard InChI is InChI=1S/C11H13ClN4OS/c1-6(2)5-17-8-4-3-7(12)9(14-8)10-15-11(13)18-16-10/h3-4,6H,5H2,1-2H3,(H2,13,15,16). The first-order valence-corrected chi connectivity index (χ1v) is 6.60. The van der Waals surface area contributed by atoms with Gasteiger partial charge in [0.15, 0.2) is 11.0 Å². The highest BCUT2D eigenvalue weighted by atomic mass is 35.5. The van der Waals surface area contributed by atoms with Crippen molar-refractivity contribution < 1.29 is 4.74 Å². The summed E-state index contributed by atoms with van der Waals surface area (Å²) in [6, 6.07) is 3.45. The van der Waals surface area contributed by atoms with Crippen LogP contribution in [0.15, 0.2) is 12.1 Å². The molecule has 2 rings (SSSR count). The van der Waals surface area contributed by atoms with Gasteiger partial charge in [-0.3, -0.25) is 0 Å². The molecule has 96 valence electrons. The lowest BCUT2D eigenvalue weighted by molar-refractivity contribution is 0.261. The molecule has 0 amide bonds. The number of hydrogen-bond acceptors (Lipinski definition) is 6. The molecule has 5 nitrogen and oxygen atoms in total. The van der Waals surface area contributed by atoms with Crippen LogP contribution in [0.5, 0.6) is 5.88 Å². The third kappa shape index (κ3) is 3.08. The normalized spacial score (nSPS) is 10.9.